The molecule has 4 nitrogen and oxygen atoms in total. The summed E-state index contributed by atoms with van der Waals surface area (Å²) in [5.41, 5.74) is 0. The highest BCUT2D eigenvalue weighted by Gasteiger charge is 2.46. The van der Waals surface area contributed by atoms with E-state index in [9.17, 15) is 9.59 Å². The van der Waals surface area contributed by atoms with Gasteiger partial charge in [-0.15, -0.1) is 6.58 Å². The van der Waals surface area contributed by atoms with Gasteiger partial charge in [0, 0.05) is 0 Å². The maximum absolute atomic E-state index is 11.8. The van der Waals surface area contributed by atoms with Gasteiger partial charge in [0.25, 0.3) is 0 Å². The highest BCUT2D eigenvalue weighted by atomic mass is 16.2. The lowest BCUT2D eigenvalue weighted by Crippen LogP contribution is -2.44. The van der Waals surface area contributed by atoms with Crippen molar-refractivity contribution < 1.29 is 9.59 Å². The van der Waals surface area contributed by atoms with Crippen LogP contribution < -0.4 is 5.84 Å². The SMILES string of the molecule is C=CCC1C(=O)C(C(C)C)N(N)C1=O. The van der Waals surface area contributed by atoms with Crippen LogP contribution >= 0.6 is 0 Å². The van der Waals surface area contributed by atoms with E-state index >= 15 is 0 Å². The van der Waals surface area contributed by atoms with E-state index in [1.54, 1.807) is 6.08 Å². The third-order valence-electron chi connectivity index (χ3n) is 2.52. The molecule has 2 unspecified atom stereocenters. The van der Waals surface area contributed by atoms with E-state index in [-0.39, 0.29) is 17.6 Å². The van der Waals surface area contributed by atoms with Crippen LogP contribution in [0.3, 0.4) is 0 Å². The molecule has 0 saturated carbocycles. The fourth-order valence-electron chi connectivity index (χ4n) is 1.82. The molecule has 0 aromatic rings. The molecule has 0 aliphatic carbocycles. The van der Waals surface area contributed by atoms with Gasteiger partial charge in [-0.2, -0.15) is 0 Å². The zero-order valence-corrected chi connectivity index (χ0v) is 8.56. The Morgan fingerprint density at radius 2 is 2.14 bits per heavy atom. The second kappa shape index (κ2) is 3.92. The van der Waals surface area contributed by atoms with Gasteiger partial charge >= 0.3 is 0 Å². The molecule has 0 bridgehead atoms. The molecule has 2 atom stereocenters. The average molecular weight is 196 g/mol. The second-order valence-corrected chi connectivity index (χ2v) is 3.91. The molecule has 1 fully saturated rings. The number of carbonyl (C=O) groups excluding carboxylic acids is 2. The minimum absolute atomic E-state index is 0.0614. The number of rotatable bonds is 3. The smallest absolute Gasteiger partial charge is 0.248 e. The molecule has 0 radical (unpaired) electrons. The van der Waals surface area contributed by atoms with Crippen molar-refractivity contribution in [3.05, 3.63) is 12.7 Å². The minimum atomic E-state index is -0.607. The van der Waals surface area contributed by atoms with Gasteiger partial charge in [-0.05, 0) is 12.3 Å². The zero-order valence-electron chi connectivity index (χ0n) is 8.56. The van der Waals surface area contributed by atoms with Crippen molar-refractivity contribution in [1.82, 2.24) is 5.01 Å². The van der Waals surface area contributed by atoms with E-state index in [0.29, 0.717) is 6.42 Å². The third-order valence-corrected chi connectivity index (χ3v) is 2.52. The van der Waals surface area contributed by atoms with Crippen molar-refractivity contribution in [3.63, 3.8) is 0 Å². The summed E-state index contributed by atoms with van der Waals surface area (Å²) < 4.78 is 0. The number of amides is 1. The van der Waals surface area contributed by atoms with Crippen molar-refractivity contribution in [2.75, 3.05) is 0 Å². The molecule has 0 spiro atoms. The van der Waals surface area contributed by atoms with E-state index < -0.39 is 12.0 Å². The number of hydrogen-bond donors (Lipinski definition) is 1. The Kier molecular flexibility index (Phi) is 3.06. The van der Waals surface area contributed by atoms with E-state index in [1.807, 2.05) is 13.8 Å². The molecular formula is C10H16N2O2. The first kappa shape index (κ1) is 10.9. The number of nitrogens with zero attached hydrogens (tertiary/aromatic N) is 1. The molecule has 1 saturated heterocycles. The molecule has 4 heteroatoms. The number of allylic oxidation sites excluding steroid dienone is 1. The van der Waals surface area contributed by atoms with Crippen LogP contribution in [0.4, 0.5) is 0 Å². The Labute approximate surface area is 83.7 Å². The average Bonchev–Trinajstić information content (AvgIpc) is 2.30. The zero-order chi connectivity index (χ0) is 10.9. The maximum Gasteiger partial charge on any atom is 0.248 e. The molecule has 1 rings (SSSR count). The Balaban J connectivity index is 2.90. The second-order valence-electron chi connectivity index (χ2n) is 3.91. The normalized spacial score (nSPS) is 27.6. The summed E-state index contributed by atoms with van der Waals surface area (Å²) in [5, 5.41) is 1.07. The standard InChI is InChI=1S/C10H16N2O2/c1-4-5-7-9(13)8(6(2)3)12(11)10(7)14/h4,6-8H,1,5,11H2,2-3H3. The molecule has 1 amide bonds. The van der Waals surface area contributed by atoms with Crippen molar-refractivity contribution in [2.24, 2.45) is 17.7 Å². The number of carbonyl (C=O) groups is 2. The molecule has 78 valence electrons. The lowest BCUT2D eigenvalue weighted by Gasteiger charge is -2.20. The fraction of sp³-hybridized carbons (Fsp3) is 0.600. The summed E-state index contributed by atoms with van der Waals surface area (Å²) in [7, 11) is 0. The number of hydrazine groups is 1. The molecule has 1 heterocycles. The molecule has 2 N–H and O–H groups in total. The lowest BCUT2D eigenvalue weighted by atomic mass is 9.94. The van der Waals surface area contributed by atoms with Crippen LogP contribution in [0.1, 0.15) is 20.3 Å². The van der Waals surface area contributed by atoms with Crippen LogP contribution in [0.25, 0.3) is 0 Å². The predicted octanol–water partition coefficient (Wildman–Crippen LogP) is 0.488. The summed E-state index contributed by atoms with van der Waals surface area (Å²) in [6, 6.07) is -0.465. The number of Topliss-reactive ketones (excluding diaryl/α,β-unsaturated/α-hetero) is 1. The highest BCUT2D eigenvalue weighted by molar-refractivity contribution is 6.10. The highest BCUT2D eigenvalue weighted by Crippen LogP contribution is 2.25. The van der Waals surface area contributed by atoms with Gasteiger partial charge in [-0.25, -0.2) is 5.84 Å². The van der Waals surface area contributed by atoms with Gasteiger partial charge in [-0.3, -0.25) is 14.6 Å². The van der Waals surface area contributed by atoms with Gasteiger partial charge in [0.15, 0.2) is 5.78 Å². The number of hydrogen-bond acceptors (Lipinski definition) is 3. The van der Waals surface area contributed by atoms with Gasteiger partial charge in [0.05, 0.1) is 0 Å². The lowest BCUT2D eigenvalue weighted by molar-refractivity contribution is -0.132. The Hall–Kier alpha value is -1.16. The molecule has 0 aromatic carbocycles. The van der Waals surface area contributed by atoms with Crippen LogP contribution in [-0.2, 0) is 9.59 Å². The molecule has 1 aliphatic rings. The summed E-state index contributed by atoms with van der Waals surface area (Å²) in [6.07, 6.45) is 1.96. The van der Waals surface area contributed by atoms with Crippen LogP contribution in [0.5, 0.6) is 0 Å². The first-order valence-electron chi connectivity index (χ1n) is 4.73. The summed E-state index contributed by atoms with van der Waals surface area (Å²) >= 11 is 0. The fourth-order valence-corrected chi connectivity index (χ4v) is 1.82. The van der Waals surface area contributed by atoms with Crippen LogP contribution in [0.2, 0.25) is 0 Å². The van der Waals surface area contributed by atoms with E-state index in [2.05, 4.69) is 6.58 Å². The van der Waals surface area contributed by atoms with Gasteiger partial charge < -0.3 is 0 Å². The van der Waals surface area contributed by atoms with Gasteiger partial charge in [-0.1, -0.05) is 19.9 Å². The number of ketones is 1. The van der Waals surface area contributed by atoms with Gasteiger partial charge in [0.2, 0.25) is 5.91 Å². The van der Waals surface area contributed by atoms with E-state index in [4.69, 9.17) is 5.84 Å². The van der Waals surface area contributed by atoms with E-state index in [1.165, 1.54) is 0 Å². The van der Waals surface area contributed by atoms with Crippen molar-refractivity contribution in [2.45, 2.75) is 26.3 Å². The summed E-state index contributed by atoms with van der Waals surface area (Å²) in [4.78, 5) is 23.3. The predicted molar refractivity (Wildman–Crippen MR) is 53.0 cm³/mol. The molecular weight excluding hydrogens is 180 g/mol. The summed E-state index contributed by atoms with van der Waals surface area (Å²) in [6.45, 7) is 7.29. The Bertz CT molecular complexity index is 273. The Morgan fingerprint density at radius 1 is 1.57 bits per heavy atom. The summed E-state index contributed by atoms with van der Waals surface area (Å²) in [5.74, 6) is 4.66. The van der Waals surface area contributed by atoms with Crippen molar-refractivity contribution >= 4 is 11.7 Å². The van der Waals surface area contributed by atoms with Crippen molar-refractivity contribution in [1.29, 1.82) is 0 Å². The monoisotopic (exact) mass is 196 g/mol. The molecule has 0 aromatic heterocycles. The third kappa shape index (κ3) is 1.57. The maximum atomic E-state index is 11.8. The number of nitrogens with two attached hydrogens (primary N) is 1. The first-order chi connectivity index (χ1) is 6.50. The molecule has 14 heavy (non-hydrogen) atoms. The molecule has 1 aliphatic heterocycles. The van der Waals surface area contributed by atoms with Crippen LogP contribution in [0.15, 0.2) is 12.7 Å². The van der Waals surface area contributed by atoms with Gasteiger partial charge in [0.1, 0.15) is 12.0 Å². The largest absolute Gasteiger partial charge is 0.296 e. The Morgan fingerprint density at radius 3 is 2.50 bits per heavy atom. The quantitative estimate of drug-likeness (QED) is 0.309. The minimum Gasteiger partial charge on any atom is -0.296 e. The van der Waals surface area contributed by atoms with Crippen molar-refractivity contribution in [3.8, 4) is 0 Å². The topological polar surface area (TPSA) is 63.4 Å². The van der Waals surface area contributed by atoms with Crippen LogP contribution in [-0.4, -0.2) is 22.7 Å². The first-order valence-corrected chi connectivity index (χ1v) is 4.73. The van der Waals surface area contributed by atoms with Crippen LogP contribution in [0, 0.1) is 11.8 Å². The van der Waals surface area contributed by atoms with E-state index in [0.717, 1.165) is 5.01 Å².